The zero-order valence-corrected chi connectivity index (χ0v) is 14.2. The van der Waals surface area contributed by atoms with Crippen molar-refractivity contribution in [3.63, 3.8) is 0 Å². The summed E-state index contributed by atoms with van der Waals surface area (Å²) in [4.78, 5) is 19.9. The Balaban J connectivity index is 1.60. The highest BCUT2D eigenvalue weighted by molar-refractivity contribution is 5.81. The van der Waals surface area contributed by atoms with Crippen LogP contribution in [0.15, 0.2) is 42.5 Å². The first-order valence-corrected chi connectivity index (χ1v) is 8.15. The molecule has 0 radical (unpaired) electrons. The van der Waals surface area contributed by atoms with Gasteiger partial charge < -0.3 is 20.1 Å². The van der Waals surface area contributed by atoms with Gasteiger partial charge in [-0.2, -0.15) is 0 Å². The van der Waals surface area contributed by atoms with Gasteiger partial charge in [-0.3, -0.25) is 4.79 Å². The van der Waals surface area contributed by atoms with Crippen molar-refractivity contribution in [3.05, 3.63) is 59.4 Å². The highest BCUT2D eigenvalue weighted by Crippen LogP contribution is 2.16. The lowest BCUT2D eigenvalue weighted by Gasteiger charge is -2.14. The molecule has 1 aromatic heterocycles. The highest BCUT2D eigenvalue weighted by atomic mass is 16.5. The molecule has 3 N–H and O–H groups in total. The topological polar surface area (TPSA) is 87.2 Å². The fraction of sp³-hybridized carbons (Fsp3) is 0.263. The monoisotopic (exact) mass is 339 g/mol. The number of aryl methyl sites for hydroxylation is 1. The number of amides is 1. The van der Waals surface area contributed by atoms with Crippen molar-refractivity contribution in [1.29, 1.82) is 0 Å². The summed E-state index contributed by atoms with van der Waals surface area (Å²) in [5.74, 6) is 1.02. The molecule has 25 heavy (non-hydrogen) atoms. The summed E-state index contributed by atoms with van der Waals surface area (Å²) < 4.78 is 5.63. The van der Waals surface area contributed by atoms with Gasteiger partial charge in [-0.25, -0.2) is 4.98 Å². The molecule has 0 aliphatic heterocycles. The largest absolute Gasteiger partial charge is 0.481 e. The second-order valence-electron chi connectivity index (χ2n) is 5.94. The van der Waals surface area contributed by atoms with Crippen LogP contribution in [0.5, 0.6) is 5.75 Å². The van der Waals surface area contributed by atoms with Crippen molar-refractivity contribution in [2.45, 2.75) is 33.1 Å². The van der Waals surface area contributed by atoms with E-state index in [1.165, 1.54) is 0 Å². The molecule has 1 atom stereocenters. The van der Waals surface area contributed by atoms with Crippen LogP contribution in [0, 0.1) is 6.92 Å². The Hall–Kier alpha value is -2.86. The molecule has 130 valence electrons. The molecule has 0 bridgehead atoms. The lowest BCUT2D eigenvalue weighted by atomic mass is 10.2. The van der Waals surface area contributed by atoms with Crippen LogP contribution < -0.4 is 10.1 Å². The number of imidazole rings is 1. The predicted molar refractivity (Wildman–Crippen MR) is 95.1 cm³/mol. The van der Waals surface area contributed by atoms with E-state index < -0.39 is 6.10 Å². The van der Waals surface area contributed by atoms with Crippen molar-refractivity contribution in [1.82, 2.24) is 15.3 Å². The van der Waals surface area contributed by atoms with Gasteiger partial charge in [0, 0.05) is 0 Å². The summed E-state index contributed by atoms with van der Waals surface area (Å²) in [6.45, 7) is 3.92. The number of H-pyrrole nitrogens is 1. The van der Waals surface area contributed by atoms with Gasteiger partial charge in [-0.05, 0) is 43.2 Å². The van der Waals surface area contributed by atoms with Gasteiger partial charge in [0.2, 0.25) is 0 Å². The molecule has 2 aromatic carbocycles. The maximum Gasteiger partial charge on any atom is 0.261 e. The van der Waals surface area contributed by atoms with Crippen molar-refractivity contribution in [2.24, 2.45) is 0 Å². The number of para-hydroxylation sites is 1. The normalized spacial score (nSPS) is 12.1. The fourth-order valence-corrected chi connectivity index (χ4v) is 2.60. The molecule has 1 heterocycles. The van der Waals surface area contributed by atoms with Crippen LogP contribution in [0.3, 0.4) is 0 Å². The Kier molecular flexibility index (Phi) is 5.00. The number of ether oxygens (including phenoxy) is 1. The lowest BCUT2D eigenvalue weighted by molar-refractivity contribution is -0.127. The molecule has 0 aliphatic carbocycles. The smallest absolute Gasteiger partial charge is 0.261 e. The zero-order chi connectivity index (χ0) is 17.8. The molecular formula is C19H21N3O3. The van der Waals surface area contributed by atoms with Gasteiger partial charge in [0.15, 0.2) is 6.10 Å². The summed E-state index contributed by atoms with van der Waals surface area (Å²) >= 11 is 0. The minimum atomic E-state index is -0.653. The minimum absolute atomic E-state index is 0.0662. The van der Waals surface area contributed by atoms with Gasteiger partial charge in [-0.1, -0.05) is 24.3 Å². The Bertz CT molecular complexity index is 889. The van der Waals surface area contributed by atoms with E-state index in [9.17, 15) is 4.79 Å². The Labute approximate surface area is 145 Å². The summed E-state index contributed by atoms with van der Waals surface area (Å²) in [6.07, 6.45) is -0.653. The fourth-order valence-electron chi connectivity index (χ4n) is 2.60. The van der Waals surface area contributed by atoms with Gasteiger partial charge in [0.1, 0.15) is 11.6 Å². The molecule has 0 fully saturated rings. The van der Waals surface area contributed by atoms with Gasteiger partial charge in [0.05, 0.1) is 24.2 Å². The molecule has 3 rings (SSSR count). The third kappa shape index (κ3) is 3.97. The summed E-state index contributed by atoms with van der Waals surface area (Å²) in [6, 6.07) is 13.0. The molecule has 0 spiro atoms. The molecule has 0 saturated carbocycles. The van der Waals surface area contributed by atoms with Crippen molar-refractivity contribution in [2.75, 3.05) is 0 Å². The number of aliphatic hydroxyl groups is 1. The van der Waals surface area contributed by atoms with E-state index in [4.69, 9.17) is 9.84 Å². The lowest BCUT2D eigenvalue weighted by Crippen LogP contribution is -2.36. The van der Waals surface area contributed by atoms with E-state index in [2.05, 4.69) is 15.3 Å². The van der Waals surface area contributed by atoms with Crippen LogP contribution in [0.25, 0.3) is 11.0 Å². The maximum absolute atomic E-state index is 12.2. The second kappa shape index (κ2) is 7.36. The van der Waals surface area contributed by atoms with Crippen LogP contribution >= 0.6 is 0 Å². The number of aromatic nitrogens is 2. The van der Waals surface area contributed by atoms with E-state index >= 15 is 0 Å². The van der Waals surface area contributed by atoms with Crippen molar-refractivity contribution in [3.8, 4) is 5.75 Å². The number of carbonyl (C=O) groups is 1. The molecule has 1 amide bonds. The summed E-state index contributed by atoms with van der Waals surface area (Å²) in [7, 11) is 0. The van der Waals surface area contributed by atoms with Gasteiger partial charge >= 0.3 is 0 Å². The second-order valence-corrected chi connectivity index (χ2v) is 5.94. The van der Waals surface area contributed by atoms with Crippen LogP contribution in [0.4, 0.5) is 0 Å². The quantitative estimate of drug-likeness (QED) is 0.644. The Morgan fingerprint density at radius 1 is 1.32 bits per heavy atom. The average molecular weight is 339 g/mol. The van der Waals surface area contributed by atoms with E-state index in [0.717, 1.165) is 22.2 Å². The number of hydrogen-bond acceptors (Lipinski definition) is 4. The standard InChI is InChI=1S/C19H21N3O3/c1-12-5-3-8-16-18(12)22-17(21-16)10-20-19(24)13(2)25-15-7-4-6-14(9-15)11-23/h3-9,13,23H,10-11H2,1-2H3,(H,20,24)(H,21,22). The molecule has 0 aliphatic rings. The number of nitrogens with one attached hydrogen (secondary N) is 2. The number of carbonyl (C=O) groups excluding carboxylic acids is 1. The first-order chi connectivity index (χ1) is 12.1. The van der Waals surface area contributed by atoms with Gasteiger partial charge in [0.25, 0.3) is 5.91 Å². The third-order valence-corrected chi connectivity index (χ3v) is 3.96. The molecule has 1 unspecified atom stereocenters. The number of fused-ring (bicyclic) bond motifs is 1. The Morgan fingerprint density at radius 3 is 2.88 bits per heavy atom. The van der Waals surface area contributed by atoms with Crippen LogP contribution in [0.2, 0.25) is 0 Å². The minimum Gasteiger partial charge on any atom is -0.481 e. The average Bonchev–Trinajstić information content (AvgIpc) is 3.04. The first kappa shape index (κ1) is 17.0. The summed E-state index contributed by atoms with van der Waals surface area (Å²) in [5, 5.41) is 12.0. The SMILES string of the molecule is Cc1cccc2[nH]c(CNC(=O)C(C)Oc3cccc(CO)c3)nc12. The van der Waals surface area contributed by atoms with Crippen molar-refractivity contribution < 1.29 is 14.6 Å². The molecule has 3 aromatic rings. The highest BCUT2D eigenvalue weighted by Gasteiger charge is 2.15. The van der Waals surface area contributed by atoms with Crippen LogP contribution in [0.1, 0.15) is 23.9 Å². The van der Waals surface area contributed by atoms with E-state index in [1.54, 1.807) is 31.2 Å². The third-order valence-electron chi connectivity index (χ3n) is 3.96. The summed E-state index contributed by atoms with van der Waals surface area (Å²) in [5.41, 5.74) is 3.70. The predicted octanol–water partition coefficient (Wildman–Crippen LogP) is 2.45. The van der Waals surface area contributed by atoms with Crippen LogP contribution in [-0.2, 0) is 17.9 Å². The van der Waals surface area contributed by atoms with Crippen molar-refractivity contribution >= 4 is 16.9 Å². The number of aliphatic hydroxyl groups excluding tert-OH is 1. The van der Waals surface area contributed by atoms with E-state index in [0.29, 0.717) is 18.1 Å². The van der Waals surface area contributed by atoms with Crippen LogP contribution in [-0.4, -0.2) is 27.1 Å². The number of aromatic amines is 1. The van der Waals surface area contributed by atoms with Gasteiger partial charge in [-0.15, -0.1) is 0 Å². The molecule has 6 nitrogen and oxygen atoms in total. The zero-order valence-electron chi connectivity index (χ0n) is 14.2. The maximum atomic E-state index is 12.2. The number of benzene rings is 2. The molecule has 6 heteroatoms. The molecule has 0 saturated heterocycles. The first-order valence-electron chi connectivity index (χ1n) is 8.15. The Morgan fingerprint density at radius 2 is 2.12 bits per heavy atom. The molecular weight excluding hydrogens is 318 g/mol. The number of rotatable bonds is 6. The van der Waals surface area contributed by atoms with E-state index in [1.807, 2.05) is 25.1 Å². The number of nitrogens with zero attached hydrogens (tertiary/aromatic N) is 1. The van der Waals surface area contributed by atoms with E-state index in [-0.39, 0.29) is 12.5 Å². The number of hydrogen-bond donors (Lipinski definition) is 3.